The van der Waals surface area contributed by atoms with Crippen molar-refractivity contribution in [3.8, 4) is 17.2 Å². The molecule has 0 radical (unpaired) electrons. The van der Waals surface area contributed by atoms with Crippen molar-refractivity contribution in [2.75, 3.05) is 26.1 Å². The van der Waals surface area contributed by atoms with Crippen LogP contribution >= 0.6 is 11.8 Å². The van der Waals surface area contributed by atoms with Crippen LogP contribution in [-0.2, 0) is 4.74 Å². The summed E-state index contributed by atoms with van der Waals surface area (Å²) in [5.41, 5.74) is 0.757. The van der Waals surface area contributed by atoms with E-state index in [-0.39, 0.29) is 11.0 Å². The number of hydrogen-bond acceptors (Lipinski definition) is 5. The highest BCUT2D eigenvalue weighted by molar-refractivity contribution is 8.00. The summed E-state index contributed by atoms with van der Waals surface area (Å²) in [5.74, 6) is 3.81. The first-order valence-electron chi connectivity index (χ1n) is 10.4. The molecule has 0 amide bonds. The van der Waals surface area contributed by atoms with Gasteiger partial charge in [-0.2, -0.15) is 0 Å². The van der Waals surface area contributed by atoms with E-state index >= 15 is 0 Å². The maximum atomic E-state index is 13.2. The van der Waals surface area contributed by atoms with Crippen molar-refractivity contribution in [2.45, 2.75) is 37.9 Å². The monoisotopic (exact) mass is 414 g/mol. The highest BCUT2D eigenvalue weighted by atomic mass is 32.2. The lowest BCUT2D eigenvalue weighted by Gasteiger charge is -2.22. The van der Waals surface area contributed by atoms with E-state index in [1.165, 1.54) is 12.8 Å². The van der Waals surface area contributed by atoms with Crippen LogP contribution in [0.2, 0.25) is 0 Å². The van der Waals surface area contributed by atoms with Gasteiger partial charge in [0.2, 0.25) is 0 Å². The molecule has 0 aliphatic heterocycles. The van der Waals surface area contributed by atoms with Crippen molar-refractivity contribution in [1.82, 2.24) is 0 Å². The molecule has 1 aliphatic rings. The average molecular weight is 415 g/mol. The molecule has 1 aliphatic carbocycles. The van der Waals surface area contributed by atoms with Gasteiger partial charge in [0.15, 0.2) is 5.78 Å². The van der Waals surface area contributed by atoms with Gasteiger partial charge < -0.3 is 14.2 Å². The number of carbonyl (C=O) groups is 1. The Balaban J connectivity index is 1.64. The number of rotatable bonds is 11. The molecule has 3 rings (SSSR count). The largest absolute Gasteiger partial charge is 0.497 e. The Morgan fingerprint density at radius 2 is 1.59 bits per heavy atom. The van der Waals surface area contributed by atoms with Gasteiger partial charge in [0.1, 0.15) is 17.2 Å². The minimum atomic E-state index is 0.0197. The third-order valence-corrected chi connectivity index (χ3v) is 6.61. The summed E-state index contributed by atoms with van der Waals surface area (Å²) in [6.07, 6.45) is 4.76. The number of carbonyl (C=O) groups excluding carboxylic acids is 1. The number of thioether (sulfide) groups is 1. The maximum absolute atomic E-state index is 13.2. The van der Waals surface area contributed by atoms with Crippen LogP contribution in [-0.4, -0.2) is 37.1 Å². The quantitative estimate of drug-likeness (QED) is 0.333. The molecule has 5 heteroatoms. The molecule has 0 aromatic heterocycles. The second-order valence-electron chi connectivity index (χ2n) is 7.20. The summed E-state index contributed by atoms with van der Waals surface area (Å²) >= 11 is 1.75. The zero-order valence-electron chi connectivity index (χ0n) is 17.3. The van der Waals surface area contributed by atoms with Gasteiger partial charge >= 0.3 is 0 Å². The molecule has 2 aromatic rings. The van der Waals surface area contributed by atoms with Crippen LogP contribution in [0.25, 0.3) is 0 Å². The van der Waals surface area contributed by atoms with Crippen LogP contribution in [0.5, 0.6) is 17.2 Å². The fourth-order valence-corrected chi connectivity index (χ4v) is 5.00. The summed E-state index contributed by atoms with van der Waals surface area (Å²) in [5, 5.41) is 0.0197. The first kappa shape index (κ1) is 21.7. The fraction of sp³-hybridized carbons (Fsp3) is 0.458. The van der Waals surface area contributed by atoms with E-state index in [1.807, 2.05) is 55.5 Å². The number of Topliss-reactive ketones (excluding diaryl/α,β-unsaturated/α-hetero) is 1. The number of hydrogen-bond donors (Lipinski definition) is 0. The second kappa shape index (κ2) is 11.3. The van der Waals surface area contributed by atoms with Crippen LogP contribution in [0.15, 0.2) is 48.5 Å². The first-order valence-corrected chi connectivity index (χ1v) is 11.4. The van der Waals surface area contributed by atoms with Crippen LogP contribution < -0.4 is 9.47 Å². The molecule has 0 bridgehead atoms. The summed E-state index contributed by atoms with van der Waals surface area (Å²) in [6.45, 7) is 3.42. The molecule has 0 saturated heterocycles. The summed E-state index contributed by atoms with van der Waals surface area (Å²) in [4.78, 5) is 13.2. The third kappa shape index (κ3) is 6.25. The third-order valence-electron chi connectivity index (χ3n) is 5.25. The van der Waals surface area contributed by atoms with Gasteiger partial charge in [0.25, 0.3) is 0 Å². The van der Waals surface area contributed by atoms with E-state index in [0.717, 1.165) is 42.3 Å². The molecular weight excluding hydrogens is 384 g/mol. The zero-order chi connectivity index (χ0) is 20.5. The predicted molar refractivity (Wildman–Crippen MR) is 119 cm³/mol. The second-order valence-corrected chi connectivity index (χ2v) is 8.45. The van der Waals surface area contributed by atoms with Gasteiger partial charge in [-0.25, -0.2) is 0 Å². The van der Waals surface area contributed by atoms with E-state index in [0.29, 0.717) is 18.3 Å². The smallest absolute Gasteiger partial charge is 0.176 e. The van der Waals surface area contributed by atoms with Crippen molar-refractivity contribution in [2.24, 2.45) is 5.92 Å². The Morgan fingerprint density at radius 3 is 2.17 bits per heavy atom. The van der Waals surface area contributed by atoms with Gasteiger partial charge in [-0.15, -0.1) is 11.8 Å². The van der Waals surface area contributed by atoms with Crippen LogP contribution in [0.1, 0.15) is 43.0 Å². The molecule has 0 heterocycles. The average Bonchev–Trinajstić information content (AvgIpc) is 3.29. The highest BCUT2D eigenvalue weighted by Gasteiger charge is 2.31. The van der Waals surface area contributed by atoms with Crippen LogP contribution in [0.4, 0.5) is 0 Å². The molecule has 29 heavy (non-hydrogen) atoms. The Labute approximate surface area is 177 Å². The number of methoxy groups -OCH3 is 1. The molecule has 4 nitrogen and oxygen atoms in total. The van der Waals surface area contributed by atoms with Gasteiger partial charge in [-0.3, -0.25) is 4.79 Å². The summed E-state index contributed by atoms with van der Waals surface area (Å²) in [7, 11) is 1.64. The topological polar surface area (TPSA) is 44.8 Å². The van der Waals surface area contributed by atoms with Gasteiger partial charge in [-0.05, 0) is 74.2 Å². The molecule has 156 valence electrons. The molecule has 1 atom stereocenters. The van der Waals surface area contributed by atoms with Gasteiger partial charge in [0, 0.05) is 17.9 Å². The van der Waals surface area contributed by atoms with Crippen molar-refractivity contribution in [3.63, 3.8) is 0 Å². The molecule has 1 saturated carbocycles. The normalized spacial score (nSPS) is 15.2. The molecule has 0 N–H and O–H groups in total. The molecule has 1 fully saturated rings. The van der Waals surface area contributed by atoms with Gasteiger partial charge in [0.05, 0.1) is 19.0 Å². The van der Waals surface area contributed by atoms with E-state index in [1.54, 1.807) is 18.9 Å². The predicted octanol–water partition coefficient (Wildman–Crippen LogP) is 6.00. The molecular formula is C24H30O4S. The van der Waals surface area contributed by atoms with Gasteiger partial charge in [-0.1, -0.05) is 12.8 Å². The minimum Gasteiger partial charge on any atom is -0.497 e. The van der Waals surface area contributed by atoms with Crippen molar-refractivity contribution in [3.05, 3.63) is 54.1 Å². The Hall–Kier alpha value is -1.98. The Morgan fingerprint density at radius 1 is 1.00 bits per heavy atom. The van der Waals surface area contributed by atoms with E-state index in [2.05, 4.69) is 0 Å². The Bertz CT molecular complexity index is 751. The van der Waals surface area contributed by atoms with Crippen molar-refractivity contribution < 1.29 is 19.0 Å². The lowest BCUT2D eigenvalue weighted by Crippen LogP contribution is -2.26. The SMILES string of the molecule is CCOCCSC(C(=O)c1ccc(Oc2ccc(OC)cc2)cc1)C1CCCC1. The lowest BCUT2D eigenvalue weighted by atomic mass is 9.96. The number of ketones is 1. The lowest BCUT2D eigenvalue weighted by molar-refractivity contribution is 0.0970. The molecule has 1 unspecified atom stereocenters. The maximum Gasteiger partial charge on any atom is 0.176 e. The van der Waals surface area contributed by atoms with E-state index < -0.39 is 0 Å². The molecule has 0 spiro atoms. The van der Waals surface area contributed by atoms with Crippen molar-refractivity contribution in [1.29, 1.82) is 0 Å². The minimum absolute atomic E-state index is 0.0197. The van der Waals surface area contributed by atoms with E-state index in [4.69, 9.17) is 14.2 Å². The van der Waals surface area contributed by atoms with E-state index in [9.17, 15) is 4.79 Å². The standard InChI is InChI=1S/C24H30O4S/c1-3-27-16-17-29-24(19-6-4-5-7-19)23(25)18-8-10-21(11-9-18)28-22-14-12-20(26-2)13-15-22/h8-15,19,24H,3-7,16-17H2,1-2H3. The molecule has 2 aromatic carbocycles. The Kier molecular flexibility index (Phi) is 8.44. The zero-order valence-corrected chi connectivity index (χ0v) is 18.1. The number of ether oxygens (including phenoxy) is 3. The van der Waals surface area contributed by atoms with Crippen LogP contribution in [0, 0.1) is 5.92 Å². The highest BCUT2D eigenvalue weighted by Crippen LogP contribution is 2.36. The number of benzene rings is 2. The summed E-state index contributed by atoms with van der Waals surface area (Å²) in [6, 6.07) is 14.9. The van der Waals surface area contributed by atoms with Crippen molar-refractivity contribution >= 4 is 17.5 Å². The van der Waals surface area contributed by atoms with Crippen LogP contribution in [0.3, 0.4) is 0 Å². The first-order chi connectivity index (χ1) is 14.2. The fourth-order valence-electron chi connectivity index (χ4n) is 3.70. The summed E-state index contributed by atoms with van der Waals surface area (Å²) < 4.78 is 16.5.